The van der Waals surface area contributed by atoms with Gasteiger partial charge in [0.2, 0.25) is 5.91 Å². The highest BCUT2D eigenvalue weighted by molar-refractivity contribution is 7.87. The maximum Gasteiger partial charge on any atom is 0.534 e. The molecule has 1 amide bonds. The molecule has 0 bridgehead atoms. The maximum atomic E-state index is 12.7. The van der Waals surface area contributed by atoms with Crippen LogP contribution >= 0.6 is 0 Å². The molecule has 12 heteroatoms. The number of β-lactam (4-membered cyclic amide) rings is 1. The third-order valence-corrected chi connectivity index (χ3v) is 5.33. The second kappa shape index (κ2) is 7.09. The number of halogens is 3. The summed E-state index contributed by atoms with van der Waals surface area (Å²) in [6.07, 6.45) is -0.279. The standard InChI is InChI=1S/C16H15F3N2O6S/c17-16(18,19)28(24,25)27-11-7-6-10-12(20)14(22)21(10)13(11)15(23)26-8-9-4-2-1-3-5-9/h1-5,10,12H,6-8,20H2/t10-,12+/m1/s1. The lowest BCUT2D eigenvalue weighted by Gasteiger charge is -2.48. The Kier molecular flexibility index (Phi) is 5.10. The number of fused-ring (bicyclic) bond motifs is 1. The fraction of sp³-hybridized carbons (Fsp3) is 0.375. The van der Waals surface area contributed by atoms with Gasteiger partial charge < -0.3 is 14.7 Å². The predicted molar refractivity (Wildman–Crippen MR) is 87.2 cm³/mol. The SMILES string of the molecule is N[C@@H]1C(=O)N2C(C(=O)OCc3ccccc3)=C(OS(=O)(=O)C(F)(F)F)CC[C@H]12. The minimum atomic E-state index is -6.01. The van der Waals surface area contributed by atoms with E-state index < -0.39 is 51.0 Å². The van der Waals surface area contributed by atoms with Gasteiger partial charge in [-0.15, -0.1) is 0 Å². The van der Waals surface area contributed by atoms with E-state index in [0.29, 0.717) is 5.56 Å². The number of esters is 1. The van der Waals surface area contributed by atoms with Crippen LogP contribution in [0.4, 0.5) is 13.2 Å². The van der Waals surface area contributed by atoms with Crippen molar-refractivity contribution in [1.29, 1.82) is 0 Å². The van der Waals surface area contributed by atoms with Gasteiger partial charge in [0, 0.05) is 6.42 Å². The van der Waals surface area contributed by atoms with E-state index in [2.05, 4.69) is 4.18 Å². The Morgan fingerprint density at radius 1 is 1.25 bits per heavy atom. The fourth-order valence-corrected chi connectivity index (χ4v) is 3.47. The van der Waals surface area contributed by atoms with Crippen LogP contribution in [0.3, 0.4) is 0 Å². The number of nitrogens with zero attached hydrogens (tertiary/aromatic N) is 1. The zero-order valence-corrected chi connectivity index (χ0v) is 15.0. The Bertz CT molecular complexity index is 929. The van der Waals surface area contributed by atoms with Crippen molar-refractivity contribution in [2.24, 2.45) is 5.73 Å². The van der Waals surface area contributed by atoms with E-state index >= 15 is 0 Å². The van der Waals surface area contributed by atoms with Crippen molar-refractivity contribution in [3.8, 4) is 0 Å². The maximum absolute atomic E-state index is 12.7. The number of amides is 1. The van der Waals surface area contributed by atoms with E-state index in [-0.39, 0.29) is 19.4 Å². The van der Waals surface area contributed by atoms with Gasteiger partial charge in [-0.05, 0) is 12.0 Å². The van der Waals surface area contributed by atoms with Crippen LogP contribution in [0.1, 0.15) is 18.4 Å². The average Bonchev–Trinajstić information content (AvgIpc) is 2.64. The summed E-state index contributed by atoms with van der Waals surface area (Å²) in [6, 6.07) is 6.80. The minimum Gasteiger partial charge on any atom is -0.456 e. The molecule has 0 unspecified atom stereocenters. The molecule has 2 heterocycles. The first-order chi connectivity index (χ1) is 13.0. The summed E-state index contributed by atoms with van der Waals surface area (Å²) in [5.41, 5.74) is -0.138. The summed E-state index contributed by atoms with van der Waals surface area (Å²) in [4.78, 5) is 25.3. The minimum absolute atomic E-state index is 0.0467. The molecule has 0 aliphatic carbocycles. The Hall–Kier alpha value is -2.60. The van der Waals surface area contributed by atoms with E-state index in [1.54, 1.807) is 30.3 Å². The van der Waals surface area contributed by atoms with Gasteiger partial charge in [0.05, 0.1) is 6.04 Å². The Morgan fingerprint density at radius 3 is 2.50 bits per heavy atom. The molecule has 8 nitrogen and oxygen atoms in total. The Labute approximate surface area is 157 Å². The molecule has 3 rings (SSSR count). The number of allylic oxidation sites excluding steroid dienone is 1. The number of hydrogen-bond donors (Lipinski definition) is 1. The lowest BCUT2D eigenvalue weighted by molar-refractivity contribution is -0.156. The molecule has 2 atom stereocenters. The van der Waals surface area contributed by atoms with Crippen molar-refractivity contribution in [3.63, 3.8) is 0 Å². The zero-order chi connectivity index (χ0) is 20.7. The zero-order valence-electron chi connectivity index (χ0n) is 14.2. The Morgan fingerprint density at radius 2 is 1.89 bits per heavy atom. The molecule has 1 saturated heterocycles. The number of hydrogen-bond acceptors (Lipinski definition) is 7. The summed E-state index contributed by atoms with van der Waals surface area (Å²) in [6.45, 7) is -0.235. The van der Waals surface area contributed by atoms with Gasteiger partial charge in [0.1, 0.15) is 12.6 Å². The fourth-order valence-electron chi connectivity index (χ4n) is 2.95. The average molecular weight is 420 g/mol. The van der Waals surface area contributed by atoms with Gasteiger partial charge in [-0.3, -0.25) is 9.69 Å². The number of carbonyl (C=O) groups is 2. The molecule has 2 aliphatic rings. The monoisotopic (exact) mass is 420 g/mol. The second-order valence-corrected chi connectivity index (χ2v) is 7.69. The molecule has 28 heavy (non-hydrogen) atoms. The summed E-state index contributed by atoms with van der Waals surface area (Å²) in [5.74, 6) is -2.71. The summed E-state index contributed by atoms with van der Waals surface area (Å²) in [5, 5.41) is 0. The smallest absolute Gasteiger partial charge is 0.456 e. The topological polar surface area (TPSA) is 116 Å². The Balaban J connectivity index is 1.90. The molecule has 1 fully saturated rings. The molecule has 152 valence electrons. The summed E-state index contributed by atoms with van der Waals surface area (Å²) < 4.78 is 69.9. The predicted octanol–water partition coefficient (Wildman–Crippen LogP) is 1.14. The molecule has 1 aromatic rings. The van der Waals surface area contributed by atoms with E-state index in [0.717, 1.165) is 4.90 Å². The van der Waals surface area contributed by atoms with Gasteiger partial charge in [-0.1, -0.05) is 30.3 Å². The highest BCUT2D eigenvalue weighted by Crippen LogP contribution is 2.39. The van der Waals surface area contributed by atoms with Gasteiger partial charge >= 0.3 is 21.6 Å². The third-order valence-electron chi connectivity index (χ3n) is 4.34. The van der Waals surface area contributed by atoms with Crippen LogP contribution in [0.5, 0.6) is 0 Å². The van der Waals surface area contributed by atoms with E-state index in [9.17, 15) is 31.2 Å². The van der Waals surface area contributed by atoms with Crippen LogP contribution in [0.15, 0.2) is 41.8 Å². The van der Waals surface area contributed by atoms with Crippen molar-refractivity contribution in [2.75, 3.05) is 0 Å². The first kappa shape index (κ1) is 20.1. The molecule has 2 aliphatic heterocycles. The molecule has 0 spiro atoms. The first-order valence-electron chi connectivity index (χ1n) is 8.06. The lowest BCUT2D eigenvalue weighted by Crippen LogP contribution is -2.69. The van der Waals surface area contributed by atoms with Gasteiger partial charge in [0.25, 0.3) is 0 Å². The van der Waals surface area contributed by atoms with E-state index in [4.69, 9.17) is 10.5 Å². The number of rotatable bonds is 5. The number of nitrogens with two attached hydrogens (primary N) is 1. The van der Waals surface area contributed by atoms with Crippen LogP contribution < -0.4 is 5.73 Å². The first-order valence-corrected chi connectivity index (χ1v) is 9.47. The number of ether oxygens (including phenoxy) is 1. The van der Waals surface area contributed by atoms with Crippen molar-refractivity contribution in [1.82, 2.24) is 4.90 Å². The summed E-state index contributed by atoms with van der Waals surface area (Å²) in [7, 11) is -6.01. The van der Waals surface area contributed by atoms with Crippen molar-refractivity contribution in [2.45, 2.75) is 37.0 Å². The second-order valence-electron chi connectivity index (χ2n) is 6.16. The molecule has 0 aromatic heterocycles. The van der Waals surface area contributed by atoms with Crippen molar-refractivity contribution >= 4 is 22.0 Å². The third kappa shape index (κ3) is 3.56. The molecule has 2 N–H and O–H groups in total. The van der Waals surface area contributed by atoms with Gasteiger partial charge in [-0.2, -0.15) is 21.6 Å². The van der Waals surface area contributed by atoms with Crippen LogP contribution in [-0.4, -0.2) is 42.8 Å². The van der Waals surface area contributed by atoms with Gasteiger partial charge in [-0.25, -0.2) is 4.79 Å². The van der Waals surface area contributed by atoms with Crippen LogP contribution in [0.2, 0.25) is 0 Å². The molecular formula is C16H15F3N2O6S. The number of carbonyl (C=O) groups excluding carboxylic acids is 2. The van der Waals surface area contributed by atoms with Crippen molar-refractivity contribution < 1.29 is 40.1 Å². The van der Waals surface area contributed by atoms with E-state index in [1.165, 1.54) is 0 Å². The highest BCUT2D eigenvalue weighted by Gasteiger charge is 2.54. The molecule has 1 aromatic carbocycles. The molecule has 0 radical (unpaired) electrons. The highest BCUT2D eigenvalue weighted by atomic mass is 32.2. The van der Waals surface area contributed by atoms with Crippen LogP contribution in [-0.2, 0) is 35.2 Å². The summed E-state index contributed by atoms with van der Waals surface area (Å²) >= 11 is 0. The molecule has 0 saturated carbocycles. The molecular weight excluding hydrogens is 405 g/mol. The number of benzene rings is 1. The van der Waals surface area contributed by atoms with Gasteiger partial charge in [0.15, 0.2) is 11.5 Å². The van der Waals surface area contributed by atoms with Crippen LogP contribution in [0.25, 0.3) is 0 Å². The quantitative estimate of drug-likeness (QED) is 0.329. The van der Waals surface area contributed by atoms with E-state index in [1.807, 2.05) is 0 Å². The van der Waals surface area contributed by atoms with Crippen LogP contribution in [0, 0.1) is 0 Å². The normalized spacial score (nSPS) is 22.4. The number of alkyl halides is 3. The lowest BCUT2D eigenvalue weighted by atomic mass is 9.86. The largest absolute Gasteiger partial charge is 0.534 e. The van der Waals surface area contributed by atoms with Crippen molar-refractivity contribution in [3.05, 3.63) is 47.4 Å².